The molecule has 1 aliphatic heterocycles. The highest BCUT2D eigenvalue weighted by atomic mass is 16.6. The van der Waals surface area contributed by atoms with E-state index in [-0.39, 0.29) is 24.3 Å². The molecule has 2 amide bonds. The summed E-state index contributed by atoms with van der Waals surface area (Å²) in [5, 5.41) is 5.42. The minimum absolute atomic E-state index is 0.0867. The Balaban J connectivity index is 1.63. The van der Waals surface area contributed by atoms with Crippen molar-refractivity contribution in [2.24, 2.45) is 0 Å². The Morgan fingerprint density at radius 1 is 1.20 bits per heavy atom. The van der Waals surface area contributed by atoms with Crippen molar-refractivity contribution in [1.29, 1.82) is 0 Å². The van der Waals surface area contributed by atoms with Crippen molar-refractivity contribution >= 4 is 29.3 Å². The van der Waals surface area contributed by atoms with Crippen molar-refractivity contribution in [3.8, 4) is 5.75 Å². The molecule has 0 spiro atoms. The number of rotatable bonds is 7. The summed E-state index contributed by atoms with van der Waals surface area (Å²) in [7, 11) is 1.48. The van der Waals surface area contributed by atoms with Gasteiger partial charge in [-0.25, -0.2) is 9.78 Å². The van der Waals surface area contributed by atoms with Crippen molar-refractivity contribution in [3.05, 3.63) is 39.8 Å². The number of H-pyrrole nitrogens is 1. The Hall–Kier alpha value is -3.60. The van der Waals surface area contributed by atoms with Gasteiger partial charge in [0, 0.05) is 36.5 Å². The van der Waals surface area contributed by atoms with Crippen LogP contribution in [0.5, 0.6) is 5.75 Å². The number of aromatic nitrogens is 2. The number of ether oxygens (including phenoxy) is 3. The van der Waals surface area contributed by atoms with Crippen LogP contribution < -0.4 is 25.8 Å². The number of nitrogens with one attached hydrogen (secondary N) is 3. The lowest BCUT2D eigenvalue weighted by Gasteiger charge is -2.27. The minimum atomic E-state index is -0.658. The number of carbonyl (C=O) groups excluding carboxylic acids is 2. The third-order valence-electron chi connectivity index (χ3n) is 5.24. The number of anilines is 3. The predicted octanol–water partition coefficient (Wildman–Crippen LogP) is 2.84. The average molecular weight is 488 g/mol. The predicted molar refractivity (Wildman–Crippen MR) is 132 cm³/mol. The molecule has 0 saturated carbocycles. The SMILES string of the molecule is COc1ccc(NC(=O)CCc2c(C)nc(N3CCOCC3)[nH]c2=O)cc1NC(=O)OC(C)(C)C. The highest BCUT2D eigenvalue weighted by molar-refractivity contribution is 5.93. The number of hydrogen-bond acceptors (Lipinski definition) is 8. The molecule has 0 unspecified atom stereocenters. The van der Waals surface area contributed by atoms with Crippen LogP contribution in [-0.2, 0) is 20.7 Å². The maximum atomic E-state index is 12.6. The van der Waals surface area contributed by atoms with Crippen LogP contribution in [0.4, 0.5) is 22.1 Å². The molecular formula is C24H33N5O6. The molecule has 3 rings (SSSR count). The van der Waals surface area contributed by atoms with Crippen LogP contribution in [0.1, 0.15) is 38.4 Å². The highest BCUT2D eigenvalue weighted by Gasteiger charge is 2.19. The molecule has 11 heteroatoms. The first kappa shape index (κ1) is 26.0. The van der Waals surface area contributed by atoms with Crippen molar-refractivity contribution in [3.63, 3.8) is 0 Å². The van der Waals surface area contributed by atoms with Gasteiger partial charge in [-0.2, -0.15) is 0 Å². The summed E-state index contributed by atoms with van der Waals surface area (Å²) < 4.78 is 15.9. The van der Waals surface area contributed by atoms with Crippen molar-refractivity contribution in [1.82, 2.24) is 9.97 Å². The van der Waals surface area contributed by atoms with Crippen molar-refractivity contribution in [2.45, 2.75) is 46.1 Å². The van der Waals surface area contributed by atoms with E-state index in [1.807, 2.05) is 4.90 Å². The first-order valence-corrected chi connectivity index (χ1v) is 11.5. The molecule has 11 nitrogen and oxygen atoms in total. The standard InChI is InChI=1S/C24H33N5O6/c1-15-17(21(31)28-22(25-15)29-10-12-34-13-11-29)7-9-20(30)26-16-6-8-19(33-5)18(14-16)27-23(32)35-24(2,3)4/h6,8,14H,7,9-13H2,1-5H3,(H,26,30)(H,27,32)(H,25,28,31). The van der Waals surface area contributed by atoms with Gasteiger partial charge in [0.1, 0.15) is 11.4 Å². The molecule has 1 saturated heterocycles. The topological polar surface area (TPSA) is 135 Å². The Labute approximate surface area is 204 Å². The molecule has 0 bridgehead atoms. The summed E-state index contributed by atoms with van der Waals surface area (Å²) in [6, 6.07) is 4.87. The largest absolute Gasteiger partial charge is 0.495 e. The minimum Gasteiger partial charge on any atom is -0.495 e. The van der Waals surface area contributed by atoms with Crippen LogP contribution in [0, 0.1) is 6.92 Å². The van der Waals surface area contributed by atoms with Gasteiger partial charge in [-0.15, -0.1) is 0 Å². The molecule has 0 aliphatic carbocycles. The molecule has 2 aromatic rings. The zero-order valence-corrected chi connectivity index (χ0v) is 20.8. The van der Waals surface area contributed by atoms with Gasteiger partial charge in [-0.3, -0.25) is 19.9 Å². The summed E-state index contributed by atoms with van der Waals surface area (Å²) in [6.45, 7) is 9.56. The fourth-order valence-electron chi connectivity index (χ4n) is 3.57. The molecule has 1 aromatic carbocycles. The summed E-state index contributed by atoms with van der Waals surface area (Å²) in [5.41, 5.74) is 0.979. The molecular weight excluding hydrogens is 454 g/mol. The van der Waals surface area contributed by atoms with E-state index in [2.05, 4.69) is 20.6 Å². The zero-order chi connectivity index (χ0) is 25.6. The molecule has 1 aliphatic rings. The number of morpholine rings is 1. The van der Waals surface area contributed by atoms with E-state index in [9.17, 15) is 14.4 Å². The fourth-order valence-corrected chi connectivity index (χ4v) is 3.57. The van der Waals surface area contributed by atoms with E-state index < -0.39 is 11.7 Å². The second kappa shape index (κ2) is 11.2. The number of nitrogens with zero attached hydrogens (tertiary/aromatic N) is 2. The number of hydrogen-bond donors (Lipinski definition) is 3. The Bertz CT molecular complexity index is 1120. The van der Waals surface area contributed by atoms with E-state index in [0.29, 0.717) is 60.6 Å². The van der Waals surface area contributed by atoms with E-state index in [1.54, 1.807) is 45.9 Å². The second-order valence-corrected chi connectivity index (χ2v) is 9.14. The number of amides is 2. The smallest absolute Gasteiger partial charge is 0.412 e. The zero-order valence-electron chi connectivity index (χ0n) is 20.8. The number of aromatic amines is 1. The van der Waals surface area contributed by atoms with Crippen molar-refractivity contribution in [2.75, 3.05) is 48.9 Å². The van der Waals surface area contributed by atoms with Crippen LogP contribution >= 0.6 is 0 Å². The number of methoxy groups -OCH3 is 1. The van der Waals surface area contributed by atoms with Gasteiger partial charge in [0.15, 0.2) is 0 Å². The van der Waals surface area contributed by atoms with Gasteiger partial charge < -0.3 is 24.4 Å². The van der Waals surface area contributed by atoms with E-state index in [4.69, 9.17) is 14.2 Å². The molecule has 35 heavy (non-hydrogen) atoms. The van der Waals surface area contributed by atoms with Crippen molar-refractivity contribution < 1.29 is 23.8 Å². The monoisotopic (exact) mass is 487 g/mol. The van der Waals surface area contributed by atoms with Crippen LogP contribution in [0.15, 0.2) is 23.0 Å². The summed E-state index contributed by atoms with van der Waals surface area (Å²) in [4.78, 5) is 46.7. The van der Waals surface area contributed by atoms with Crippen LogP contribution in [-0.4, -0.2) is 61.0 Å². The first-order valence-electron chi connectivity index (χ1n) is 11.5. The van der Waals surface area contributed by atoms with Gasteiger partial charge in [0.2, 0.25) is 11.9 Å². The maximum absolute atomic E-state index is 12.6. The molecule has 190 valence electrons. The average Bonchev–Trinajstić information content (AvgIpc) is 2.78. The Morgan fingerprint density at radius 3 is 2.54 bits per heavy atom. The van der Waals surface area contributed by atoms with Crippen LogP contribution in [0.2, 0.25) is 0 Å². The van der Waals surface area contributed by atoms with Gasteiger partial charge in [-0.1, -0.05) is 0 Å². The quantitative estimate of drug-likeness (QED) is 0.543. The third-order valence-corrected chi connectivity index (χ3v) is 5.24. The van der Waals surface area contributed by atoms with E-state index in [0.717, 1.165) is 0 Å². The summed E-state index contributed by atoms with van der Waals surface area (Å²) >= 11 is 0. The number of carbonyl (C=O) groups is 2. The second-order valence-electron chi connectivity index (χ2n) is 9.14. The van der Waals surface area contributed by atoms with Gasteiger partial charge in [0.25, 0.3) is 5.56 Å². The maximum Gasteiger partial charge on any atom is 0.412 e. The lowest BCUT2D eigenvalue weighted by molar-refractivity contribution is -0.116. The van der Waals surface area contributed by atoms with Gasteiger partial charge in [-0.05, 0) is 52.3 Å². The number of benzene rings is 1. The lowest BCUT2D eigenvalue weighted by Crippen LogP contribution is -2.38. The van der Waals surface area contributed by atoms with E-state index >= 15 is 0 Å². The fraction of sp³-hybridized carbons (Fsp3) is 0.500. The lowest BCUT2D eigenvalue weighted by atomic mass is 10.1. The molecule has 1 fully saturated rings. The Kier molecular flexibility index (Phi) is 8.34. The molecule has 2 heterocycles. The Morgan fingerprint density at radius 2 is 1.91 bits per heavy atom. The van der Waals surface area contributed by atoms with E-state index in [1.165, 1.54) is 7.11 Å². The summed E-state index contributed by atoms with van der Waals surface area (Å²) in [5.74, 6) is 0.657. The first-order chi connectivity index (χ1) is 16.6. The molecule has 1 aromatic heterocycles. The third kappa shape index (κ3) is 7.44. The molecule has 0 radical (unpaired) electrons. The highest BCUT2D eigenvalue weighted by Crippen LogP contribution is 2.28. The van der Waals surface area contributed by atoms with Crippen LogP contribution in [0.25, 0.3) is 0 Å². The number of aryl methyl sites for hydroxylation is 1. The molecule has 0 atom stereocenters. The normalized spacial score (nSPS) is 13.8. The van der Waals surface area contributed by atoms with Gasteiger partial charge in [0.05, 0.1) is 26.0 Å². The summed E-state index contributed by atoms with van der Waals surface area (Å²) in [6.07, 6.45) is -0.312. The molecule has 3 N–H and O–H groups in total. The van der Waals surface area contributed by atoms with Gasteiger partial charge >= 0.3 is 6.09 Å². The van der Waals surface area contributed by atoms with Crippen LogP contribution in [0.3, 0.4) is 0 Å².